The second kappa shape index (κ2) is 7.56. The third-order valence-electron chi connectivity index (χ3n) is 3.84. The molecule has 0 saturated carbocycles. The molecular weight excluding hydrogens is 371 g/mol. The number of anilines is 3. The van der Waals surface area contributed by atoms with Crippen LogP contribution in [0.5, 0.6) is 0 Å². The van der Waals surface area contributed by atoms with E-state index in [4.69, 9.17) is 5.26 Å². The van der Waals surface area contributed by atoms with Crippen molar-refractivity contribution in [2.45, 2.75) is 20.0 Å². The van der Waals surface area contributed by atoms with Gasteiger partial charge in [0.2, 0.25) is 5.95 Å². The maximum Gasteiger partial charge on any atom is 0.421 e. The normalized spacial score (nSPS) is 11.1. The number of nitrogens with zero attached hydrogens (tertiary/aromatic N) is 5. The molecule has 0 amide bonds. The SMILES string of the molecule is CCNc1nc(Nc2cn(-c3ccc(C#N)cc3)nc2C)ncc1C(F)(F)F. The van der Waals surface area contributed by atoms with Crippen LogP contribution >= 0.6 is 0 Å². The monoisotopic (exact) mass is 387 g/mol. The molecule has 0 bridgehead atoms. The van der Waals surface area contributed by atoms with Gasteiger partial charge in [-0.25, -0.2) is 9.67 Å². The van der Waals surface area contributed by atoms with Gasteiger partial charge in [0.05, 0.1) is 34.9 Å². The number of hydrogen-bond donors (Lipinski definition) is 2. The Bertz CT molecular complexity index is 1020. The van der Waals surface area contributed by atoms with Crippen molar-refractivity contribution >= 4 is 17.5 Å². The van der Waals surface area contributed by atoms with Gasteiger partial charge in [-0.1, -0.05) is 0 Å². The van der Waals surface area contributed by atoms with Crippen LogP contribution in [0.1, 0.15) is 23.7 Å². The van der Waals surface area contributed by atoms with E-state index in [-0.39, 0.29) is 18.3 Å². The number of halogens is 3. The number of nitriles is 1. The molecule has 0 fully saturated rings. The van der Waals surface area contributed by atoms with Crippen molar-refractivity contribution in [1.82, 2.24) is 19.7 Å². The number of hydrogen-bond acceptors (Lipinski definition) is 6. The molecule has 0 aliphatic rings. The number of alkyl halides is 3. The number of aryl methyl sites for hydroxylation is 1. The zero-order chi connectivity index (χ0) is 20.3. The molecule has 0 atom stereocenters. The van der Waals surface area contributed by atoms with Crippen LogP contribution in [0.15, 0.2) is 36.7 Å². The topological polar surface area (TPSA) is 91.5 Å². The van der Waals surface area contributed by atoms with Crippen LogP contribution in [-0.2, 0) is 6.18 Å². The van der Waals surface area contributed by atoms with Crippen LogP contribution < -0.4 is 10.6 Å². The minimum atomic E-state index is -4.55. The summed E-state index contributed by atoms with van der Waals surface area (Å²) in [5.74, 6) is -0.268. The Kier molecular flexibility index (Phi) is 5.17. The van der Waals surface area contributed by atoms with Gasteiger partial charge in [0, 0.05) is 12.7 Å². The predicted octanol–water partition coefficient (Wildman–Crippen LogP) is 4.04. The number of benzene rings is 1. The number of rotatable bonds is 5. The first kappa shape index (κ1) is 19.2. The smallest absolute Gasteiger partial charge is 0.370 e. The summed E-state index contributed by atoms with van der Waals surface area (Å²) in [7, 11) is 0. The molecular formula is C18H16F3N7. The summed E-state index contributed by atoms with van der Waals surface area (Å²) in [6, 6.07) is 8.86. The van der Waals surface area contributed by atoms with Gasteiger partial charge in [0.15, 0.2) is 0 Å². The Labute approximate surface area is 158 Å². The maximum absolute atomic E-state index is 13.1. The molecule has 3 rings (SSSR count). The molecule has 1 aromatic carbocycles. The fourth-order valence-electron chi connectivity index (χ4n) is 2.48. The summed E-state index contributed by atoms with van der Waals surface area (Å²) >= 11 is 0. The van der Waals surface area contributed by atoms with Gasteiger partial charge in [-0.15, -0.1) is 0 Å². The molecule has 0 spiro atoms. The first-order valence-electron chi connectivity index (χ1n) is 8.33. The maximum atomic E-state index is 13.1. The van der Waals surface area contributed by atoms with Crippen LogP contribution in [0.2, 0.25) is 0 Å². The minimum absolute atomic E-state index is 0.0198. The molecule has 2 aromatic heterocycles. The highest BCUT2D eigenvalue weighted by molar-refractivity contribution is 5.59. The van der Waals surface area contributed by atoms with Crippen molar-refractivity contribution in [2.75, 3.05) is 17.2 Å². The summed E-state index contributed by atoms with van der Waals surface area (Å²) in [6.07, 6.45) is -2.13. The first-order chi connectivity index (χ1) is 13.3. The standard InChI is InChI=1S/C18H16F3N7/c1-3-23-16-14(18(19,20)21)9-24-17(26-16)25-15-10-28(27-11(15)2)13-6-4-12(8-22)5-7-13/h4-7,9-10H,3H2,1-2H3,(H2,23,24,25,26). The van der Waals surface area contributed by atoms with Crippen LogP contribution in [0, 0.1) is 18.3 Å². The zero-order valence-electron chi connectivity index (χ0n) is 15.0. The average molecular weight is 387 g/mol. The highest BCUT2D eigenvalue weighted by Crippen LogP contribution is 2.34. The van der Waals surface area contributed by atoms with Crippen molar-refractivity contribution in [2.24, 2.45) is 0 Å². The highest BCUT2D eigenvalue weighted by Gasteiger charge is 2.35. The van der Waals surface area contributed by atoms with E-state index in [1.165, 1.54) is 0 Å². The Morgan fingerprint density at radius 1 is 1.21 bits per heavy atom. The Balaban J connectivity index is 1.88. The molecule has 0 aliphatic carbocycles. The highest BCUT2D eigenvalue weighted by atomic mass is 19.4. The minimum Gasteiger partial charge on any atom is -0.370 e. The van der Waals surface area contributed by atoms with Gasteiger partial charge in [-0.3, -0.25) is 0 Å². The van der Waals surface area contributed by atoms with Gasteiger partial charge in [-0.05, 0) is 38.1 Å². The fourth-order valence-corrected chi connectivity index (χ4v) is 2.48. The summed E-state index contributed by atoms with van der Waals surface area (Å²) < 4.78 is 40.8. The number of aromatic nitrogens is 4. The third kappa shape index (κ3) is 4.03. The zero-order valence-corrected chi connectivity index (χ0v) is 15.0. The Morgan fingerprint density at radius 3 is 2.54 bits per heavy atom. The molecule has 28 heavy (non-hydrogen) atoms. The largest absolute Gasteiger partial charge is 0.421 e. The number of nitrogens with one attached hydrogen (secondary N) is 2. The van der Waals surface area contributed by atoms with Gasteiger partial charge >= 0.3 is 6.18 Å². The molecule has 0 aliphatic heterocycles. The van der Waals surface area contributed by atoms with E-state index in [1.54, 1.807) is 49.0 Å². The van der Waals surface area contributed by atoms with Crippen molar-refractivity contribution in [3.63, 3.8) is 0 Å². The predicted molar refractivity (Wildman–Crippen MR) is 97.5 cm³/mol. The van der Waals surface area contributed by atoms with Crippen LogP contribution in [0.4, 0.5) is 30.6 Å². The molecule has 0 unspecified atom stereocenters. The Hall–Kier alpha value is -3.61. The average Bonchev–Trinajstić information content (AvgIpc) is 3.02. The van der Waals surface area contributed by atoms with Crippen molar-refractivity contribution in [3.8, 4) is 11.8 Å². The van der Waals surface area contributed by atoms with Crippen LogP contribution in [0.3, 0.4) is 0 Å². The van der Waals surface area contributed by atoms with Crippen molar-refractivity contribution < 1.29 is 13.2 Å². The van der Waals surface area contributed by atoms with Crippen LogP contribution in [-0.4, -0.2) is 26.3 Å². The summed E-state index contributed by atoms with van der Waals surface area (Å²) in [4.78, 5) is 7.72. The van der Waals surface area contributed by atoms with Gasteiger partial charge in [0.25, 0.3) is 0 Å². The summed E-state index contributed by atoms with van der Waals surface area (Å²) in [5, 5.41) is 18.7. The van der Waals surface area contributed by atoms with E-state index in [9.17, 15) is 13.2 Å². The molecule has 0 saturated heterocycles. The lowest BCUT2D eigenvalue weighted by molar-refractivity contribution is -0.137. The molecule has 3 aromatic rings. The van der Waals surface area contributed by atoms with Crippen molar-refractivity contribution in [3.05, 3.63) is 53.5 Å². The van der Waals surface area contributed by atoms with Gasteiger partial charge in [-0.2, -0.15) is 28.5 Å². The third-order valence-corrected chi connectivity index (χ3v) is 3.84. The van der Waals surface area contributed by atoms with E-state index in [1.807, 2.05) is 6.07 Å². The lowest BCUT2D eigenvalue weighted by Gasteiger charge is -2.13. The van der Waals surface area contributed by atoms with E-state index in [0.717, 1.165) is 11.9 Å². The second-order valence-electron chi connectivity index (χ2n) is 5.84. The lowest BCUT2D eigenvalue weighted by atomic mass is 10.2. The summed E-state index contributed by atoms with van der Waals surface area (Å²) in [6.45, 7) is 3.72. The first-order valence-corrected chi connectivity index (χ1v) is 8.33. The van der Waals surface area contributed by atoms with Gasteiger partial charge in [0.1, 0.15) is 11.4 Å². The molecule has 10 heteroatoms. The molecule has 7 nitrogen and oxygen atoms in total. The van der Waals surface area contributed by atoms with E-state index >= 15 is 0 Å². The quantitative estimate of drug-likeness (QED) is 0.687. The molecule has 2 heterocycles. The molecule has 2 N–H and O–H groups in total. The van der Waals surface area contributed by atoms with Crippen LogP contribution in [0.25, 0.3) is 5.69 Å². The van der Waals surface area contributed by atoms with Crippen molar-refractivity contribution in [1.29, 1.82) is 5.26 Å². The summed E-state index contributed by atoms with van der Waals surface area (Å²) in [5.41, 5.74) is 1.49. The van der Waals surface area contributed by atoms with E-state index in [0.29, 0.717) is 16.9 Å². The fraction of sp³-hybridized carbons (Fsp3) is 0.222. The second-order valence-corrected chi connectivity index (χ2v) is 5.84. The lowest BCUT2D eigenvalue weighted by Crippen LogP contribution is -2.14. The molecule has 144 valence electrons. The Morgan fingerprint density at radius 2 is 1.93 bits per heavy atom. The van der Waals surface area contributed by atoms with E-state index < -0.39 is 11.7 Å². The molecule has 0 radical (unpaired) electrons. The van der Waals surface area contributed by atoms with Gasteiger partial charge < -0.3 is 10.6 Å². The van der Waals surface area contributed by atoms with E-state index in [2.05, 4.69) is 25.7 Å².